The second-order valence-corrected chi connectivity index (χ2v) is 11.4. The lowest BCUT2D eigenvalue weighted by Crippen LogP contribution is -2.49. The summed E-state index contributed by atoms with van der Waals surface area (Å²) in [5, 5.41) is 13.2. The number of amides is 1. The number of nitrogens with zero attached hydrogens (tertiary/aromatic N) is 4. The Morgan fingerprint density at radius 1 is 1.34 bits per heavy atom. The van der Waals surface area contributed by atoms with E-state index >= 15 is 0 Å². The lowest BCUT2D eigenvalue weighted by molar-refractivity contribution is -0.116. The molecule has 10 heteroatoms. The zero-order chi connectivity index (χ0) is 22.7. The Bertz CT molecular complexity index is 1120. The molecule has 0 spiro atoms. The SMILES string of the molecule is CC1CCc2c(sc(NC(=O)CCN3CCN(S(=O)(=O)c4cccnc4)CC3)c2C#N)C1. The van der Waals surface area contributed by atoms with Gasteiger partial charge in [0.15, 0.2) is 0 Å². The van der Waals surface area contributed by atoms with Crippen molar-refractivity contribution in [1.29, 1.82) is 5.26 Å². The highest BCUT2D eigenvalue weighted by Gasteiger charge is 2.29. The molecule has 1 aliphatic carbocycles. The molecular formula is C22H27N5O3S2. The summed E-state index contributed by atoms with van der Waals surface area (Å²) in [6.07, 6.45) is 6.17. The molecule has 1 fully saturated rings. The topological polar surface area (TPSA) is 106 Å². The van der Waals surface area contributed by atoms with Crippen molar-refractivity contribution in [2.45, 2.75) is 37.5 Å². The first-order valence-corrected chi connectivity index (χ1v) is 13.1. The van der Waals surface area contributed by atoms with E-state index < -0.39 is 10.0 Å². The summed E-state index contributed by atoms with van der Waals surface area (Å²) in [6, 6.07) is 5.45. The normalized spacial score (nSPS) is 19.8. The van der Waals surface area contributed by atoms with E-state index in [0.29, 0.717) is 55.6 Å². The van der Waals surface area contributed by atoms with Gasteiger partial charge in [-0.3, -0.25) is 9.78 Å². The molecule has 0 saturated carbocycles. The van der Waals surface area contributed by atoms with Crippen LogP contribution in [0.5, 0.6) is 0 Å². The molecule has 32 heavy (non-hydrogen) atoms. The molecule has 1 aliphatic heterocycles. The molecule has 1 saturated heterocycles. The van der Waals surface area contributed by atoms with E-state index in [1.54, 1.807) is 18.3 Å². The number of piperazine rings is 1. The third-order valence-electron chi connectivity index (χ3n) is 6.13. The molecule has 8 nitrogen and oxygen atoms in total. The monoisotopic (exact) mass is 473 g/mol. The molecule has 0 radical (unpaired) electrons. The molecule has 1 N–H and O–H groups in total. The molecule has 1 atom stereocenters. The maximum atomic E-state index is 12.7. The number of sulfonamides is 1. The minimum absolute atomic E-state index is 0.112. The van der Waals surface area contributed by atoms with Crippen molar-refractivity contribution in [1.82, 2.24) is 14.2 Å². The summed E-state index contributed by atoms with van der Waals surface area (Å²) >= 11 is 1.53. The Kier molecular flexibility index (Phi) is 6.90. The minimum Gasteiger partial charge on any atom is -0.317 e. The molecule has 2 aromatic rings. The number of aromatic nitrogens is 1. The number of pyridine rings is 1. The molecule has 3 heterocycles. The average molecular weight is 474 g/mol. The van der Waals surface area contributed by atoms with Crippen LogP contribution < -0.4 is 5.32 Å². The van der Waals surface area contributed by atoms with Crippen LogP contribution in [0.1, 0.15) is 35.8 Å². The molecule has 1 amide bonds. The van der Waals surface area contributed by atoms with E-state index in [4.69, 9.17) is 0 Å². The number of thiophene rings is 1. The fourth-order valence-electron chi connectivity index (χ4n) is 4.25. The second-order valence-electron chi connectivity index (χ2n) is 8.40. The van der Waals surface area contributed by atoms with Crippen molar-refractivity contribution in [3.05, 3.63) is 40.5 Å². The van der Waals surface area contributed by atoms with Crippen LogP contribution in [0.25, 0.3) is 0 Å². The van der Waals surface area contributed by atoms with Gasteiger partial charge in [0, 0.05) is 56.4 Å². The second kappa shape index (κ2) is 9.67. The number of carbonyl (C=O) groups is 1. The van der Waals surface area contributed by atoms with Crippen molar-refractivity contribution in [2.24, 2.45) is 5.92 Å². The van der Waals surface area contributed by atoms with E-state index in [1.165, 1.54) is 26.7 Å². The van der Waals surface area contributed by atoms with Crippen LogP contribution in [-0.4, -0.2) is 61.2 Å². The number of rotatable bonds is 6. The minimum atomic E-state index is -3.54. The predicted molar refractivity (Wildman–Crippen MR) is 123 cm³/mol. The third-order valence-corrected chi connectivity index (χ3v) is 9.19. The number of nitriles is 1. The third kappa shape index (κ3) is 4.86. The fraction of sp³-hybridized carbons (Fsp3) is 0.500. The Morgan fingerprint density at radius 2 is 2.12 bits per heavy atom. The maximum absolute atomic E-state index is 12.7. The quantitative estimate of drug-likeness (QED) is 0.691. The number of hydrogen-bond donors (Lipinski definition) is 1. The molecule has 1 unspecified atom stereocenters. The van der Waals surface area contributed by atoms with Crippen molar-refractivity contribution in [3.8, 4) is 6.07 Å². The predicted octanol–water partition coefficient (Wildman–Crippen LogP) is 2.47. The molecule has 170 valence electrons. The number of anilines is 1. The lowest BCUT2D eigenvalue weighted by Gasteiger charge is -2.33. The van der Waals surface area contributed by atoms with E-state index in [9.17, 15) is 18.5 Å². The van der Waals surface area contributed by atoms with E-state index in [2.05, 4.69) is 28.2 Å². The standard InChI is InChI=1S/C22H27N5O3S2/c1-16-4-5-18-19(14-23)22(31-20(18)13-16)25-21(28)6-8-26-9-11-27(12-10-26)32(29,30)17-3-2-7-24-15-17/h2-3,7,15-16H,4-6,8-13H2,1H3,(H,25,28). The van der Waals surface area contributed by atoms with Gasteiger partial charge >= 0.3 is 0 Å². The first-order valence-electron chi connectivity index (χ1n) is 10.9. The Morgan fingerprint density at radius 3 is 2.81 bits per heavy atom. The summed E-state index contributed by atoms with van der Waals surface area (Å²) in [5.74, 6) is 0.496. The summed E-state index contributed by atoms with van der Waals surface area (Å²) in [5.41, 5.74) is 1.73. The largest absolute Gasteiger partial charge is 0.317 e. The number of fused-ring (bicyclic) bond motifs is 1. The van der Waals surface area contributed by atoms with Gasteiger partial charge < -0.3 is 10.2 Å². The van der Waals surface area contributed by atoms with Crippen LogP contribution in [0.3, 0.4) is 0 Å². The highest BCUT2D eigenvalue weighted by molar-refractivity contribution is 7.89. The Labute approximate surface area is 192 Å². The van der Waals surface area contributed by atoms with Gasteiger partial charge in [0.25, 0.3) is 0 Å². The van der Waals surface area contributed by atoms with Crippen molar-refractivity contribution in [2.75, 3.05) is 38.0 Å². The number of carbonyl (C=O) groups excluding carboxylic acids is 1. The summed E-state index contributed by atoms with van der Waals surface area (Å²) in [6.45, 7) is 4.68. The number of hydrogen-bond acceptors (Lipinski definition) is 7. The zero-order valence-electron chi connectivity index (χ0n) is 18.1. The van der Waals surface area contributed by atoms with Crippen molar-refractivity contribution >= 4 is 32.3 Å². The van der Waals surface area contributed by atoms with Gasteiger partial charge in [-0.2, -0.15) is 9.57 Å². The smallest absolute Gasteiger partial charge is 0.244 e. The van der Waals surface area contributed by atoms with Crippen LogP contribution in [0.4, 0.5) is 5.00 Å². The van der Waals surface area contributed by atoms with Crippen molar-refractivity contribution in [3.63, 3.8) is 0 Å². The van der Waals surface area contributed by atoms with E-state index in [-0.39, 0.29) is 10.8 Å². The van der Waals surface area contributed by atoms with Gasteiger partial charge in [0.1, 0.15) is 16.0 Å². The zero-order valence-corrected chi connectivity index (χ0v) is 19.7. The van der Waals surface area contributed by atoms with Gasteiger partial charge in [-0.15, -0.1) is 11.3 Å². The van der Waals surface area contributed by atoms with Crippen LogP contribution in [0.2, 0.25) is 0 Å². The number of nitrogens with one attached hydrogen (secondary N) is 1. The Balaban J connectivity index is 1.29. The molecule has 0 bridgehead atoms. The van der Waals surface area contributed by atoms with Crippen LogP contribution in [0.15, 0.2) is 29.4 Å². The van der Waals surface area contributed by atoms with Gasteiger partial charge in [0.2, 0.25) is 15.9 Å². The first-order chi connectivity index (χ1) is 15.4. The first kappa shape index (κ1) is 22.9. The van der Waals surface area contributed by atoms with Crippen molar-refractivity contribution < 1.29 is 13.2 Å². The molecule has 4 rings (SSSR count). The van der Waals surface area contributed by atoms with Gasteiger partial charge in [-0.25, -0.2) is 8.42 Å². The summed E-state index contributed by atoms with van der Waals surface area (Å²) in [4.78, 5) is 20.0. The molecule has 2 aromatic heterocycles. The van der Waals surface area contributed by atoms with E-state index in [1.807, 2.05) is 0 Å². The Hall–Kier alpha value is -2.32. The average Bonchev–Trinajstić information content (AvgIpc) is 3.14. The molecule has 0 aromatic carbocycles. The lowest BCUT2D eigenvalue weighted by atomic mass is 9.89. The maximum Gasteiger partial charge on any atom is 0.244 e. The fourth-order valence-corrected chi connectivity index (χ4v) is 7.01. The van der Waals surface area contributed by atoms with Gasteiger partial charge in [0.05, 0.1) is 5.56 Å². The van der Waals surface area contributed by atoms with Gasteiger partial charge in [-0.05, 0) is 42.9 Å². The van der Waals surface area contributed by atoms with Crippen LogP contribution in [0, 0.1) is 17.2 Å². The van der Waals surface area contributed by atoms with Crippen LogP contribution in [-0.2, 0) is 27.7 Å². The van der Waals surface area contributed by atoms with E-state index in [0.717, 1.165) is 24.8 Å². The summed E-state index contributed by atoms with van der Waals surface area (Å²) in [7, 11) is -3.54. The van der Waals surface area contributed by atoms with Gasteiger partial charge in [-0.1, -0.05) is 6.92 Å². The molecular weight excluding hydrogens is 446 g/mol. The van der Waals surface area contributed by atoms with Crippen LogP contribution >= 0.6 is 11.3 Å². The molecule has 2 aliphatic rings. The summed E-state index contributed by atoms with van der Waals surface area (Å²) < 4.78 is 26.9. The highest BCUT2D eigenvalue weighted by Crippen LogP contribution is 2.39. The highest BCUT2D eigenvalue weighted by atomic mass is 32.2.